The molecule has 0 fully saturated rings. The van der Waals surface area contributed by atoms with E-state index in [1.54, 1.807) is 25.1 Å². The van der Waals surface area contributed by atoms with Crippen molar-refractivity contribution in [1.29, 1.82) is 0 Å². The number of aromatic nitrogens is 3. The fourth-order valence-electron chi connectivity index (χ4n) is 6.33. The molecule has 1 aliphatic rings. The number of carbonyl (C=O) groups excluding carboxylic acids is 1. The van der Waals surface area contributed by atoms with Gasteiger partial charge in [-0.05, 0) is 68.2 Å². The van der Waals surface area contributed by atoms with E-state index in [0.29, 0.717) is 61.4 Å². The molecule has 0 amide bonds. The molecule has 1 aliphatic heterocycles. The summed E-state index contributed by atoms with van der Waals surface area (Å²) in [6.07, 6.45) is -0.875. The lowest BCUT2D eigenvalue weighted by Gasteiger charge is -2.13. The molecule has 0 atom stereocenters. The third-order valence-corrected chi connectivity index (χ3v) is 8.34. The molecular formula is C35H36F3N3O4. The zero-order chi connectivity index (χ0) is 31.6. The number of halogens is 3. The fourth-order valence-corrected chi connectivity index (χ4v) is 6.33. The molecule has 0 unspecified atom stereocenters. The van der Waals surface area contributed by atoms with Crippen LogP contribution in [-0.4, -0.2) is 40.6 Å². The summed E-state index contributed by atoms with van der Waals surface area (Å²) in [7, 11) is 0. The Balaban J connectivity index is 1.36. The van der Waals surface area contributed by atoms with Gasteiger partial charge < -0.3 is 18.8 Å². The van der Waals surface area contributed by atoms with Gasteiger partial charge in [-0.1, -0.05) is 43.3 Å². The second kappa shape index (κ2) is 13.0. The number of aryl methyl sites for hydroxylation is 3. The number of nitrogens with zero attached hydrogens (tertiary/aromatic N) is 2. The zero-order valence-corrected chi connectivity index (χ0v) is 25.4. The van der Waals surface area contributed by atoms with E-state index in [0.717, 1.165) is 70.4 Å². The van der Waals surface area contributed by atoms with Crippen LogP contribution in [0.25, 0.3) is 32.8 Å². The quantitative estimate of drug-likeness (QED) is 0.140. The molecule has 0 bridgehead atoms. The van der Waals surface area contributed by atoms with Gasteiger partial charge in [0.1, 0.15) is 11.4 Å². The van der Waals surface area contributed by atoms with Crippen molar-refractivity contribution in [2.45, 2.75) is 65.3 Å². The van der Waals surface area contributed by atoms with Crippen LogP contribution in [-0.2, 0) is 41.6 Å². The second-order valence-electron chi connectivity index (χ2n) is 11.2. The molecular weight excluding hydrogens is 583 g/mol. The molecule has 3 aromatic carbocycles. The number of ether oxygens (including phenoxy) is 3. The van der Waals surface area contributed by atoms with Crippen molar-refractivity contribution in [2.24, 2.45) is 0 Å². The number of benzene rings is 3. The zero-order valence-electron chi connectivity index (χ0n) is 25.4. The van der Waals surface area contributed by atoms with E-state index in [4.69, 9.17) is 14.2 Å². The standard InChI is InChI=1S/C35H36F3N3O4/c1-3-28-31-27-12-8-11-25-26(13-9-19-45-30-14-7-10-22-20-23(35(36,37)38)15-16-24(22)30)33(34(42)44-4-2)41(32(25)27)17-5-6-18-43-21-29(31)40-39-28/h7-8,10-12,14-16,20H,3-6,9,13,17-19,21H2,1-2H3,(H,39,40). The summed E-state index contributed by atoms with van der Waals surface area (Å²) in [5.41, 5.74) is 5.61. The average molecular weight is 620 g/mol. The van der Waals surface area contributed by atoms with Crippen LogP contribution in [0, 0.1) is 0 Å². The maximum absolute atomic E-state index is 13.6. The van der Waals surface area contributed by atoms with E-state index in [9.17, 15) is 18.0 Å². The molecule has 7 nitrogen and oxygen atoms in total. The molecule has 45 heavy (non-hydrogen) atoms. The number of nitrogens with one attached hydrogen (secondary N) is 1. The summed E-state index contributed by atoms with van der Waals surface area (Å²) in [5.74, 6) is 0.159. The van der Waals surface area contributed by atoms with Gasteiger partial charge in [-0.3, -0.25) is 5.10 Å². The molecule has 0 radical (unpaired) electrons. The van der Waals surface area contributed by atoms with Crippen molar-refractivity contribution in [3.63, 3.8) is 0 Å². The predicted octanol–water partition coefficient (Wildman–Crippen LogP) is 8.26. The highest BCUT2D eigenvalue weighted by Gasteiger charge is 2.31. The molecule has 0 aliphatic carbocycles. The maximum Gasteiger partial charge on any atom is 0.416 e. The molecule has 10 heteroatoms. The largest absolute Gasteiger partial charge is 0.493 e. The molecule has 0 spiro atoms. The Hall–Kier alpha value is -4.31. The summed E-state index contributed by atoms with van der Waals surface area (Å²) < 4.78 is 59.6. The van der Waals surface area contributed by atoms with Gasteiger partial charge in [-0.25, -0.2) is 4.79 Å². The molecule has 236 valence electrons. The Morgan fingerprint density at radius 3 is 2.71 bits per heavy atom. The van der Waals surface area contributed by atoms with Crippen LogP contribution in [0.1, 0.15) is 66.1 Å². The molecule has 0 saturated carbocycles. The van der Waals surface area contributed by atoms with Gasteiger partial charge in [0.2, 0.25) is 0 Å². The maximum atomic E-state index is 13.6. The predicted molar refractivity (Wildman–Crippen MR) is 167 cm³/mol. The molecule has 5 aromatic rings. The number of hydrogen-bond donors (Lipinski definition) is 1. The minimum Gasteiger partial charge on any atom is -0.493 e. The van der Waals surface area contributed by atoms with Crippen LogP contribution in [0.3, 0.4) is 0 Å². The topological polar surface area (TPSA) is 78.4 Å². The highest BCUT2D eigenvalue weighted by Crippen LogP contribution is 2.39. The number of esters is 1. The van der Waals surface area contributed by atoms with Gasteiger partial charge in [0.05, 0.1) is 42.3 Å². The van der Waals surface area contributed by atoms with E-state index >= 15 is 0 Å². The third kappa shape index (κ3) is 6.03. The summed E-state index contributed by atoms with van der Waals surface area (Å²) in [6.45, 7) is 6.11. The van der Waals surface area contributed by atoms with Gasteiger partial charge in [0.25, 0.3) is 0 Å². The summed E-state index contributed by atoms with van der Waals surface area (Å²) in [5, 5.41) is 9.83. The number of aromatic amines is 1. The summed E-state index contributed by atoms with van der Waals surface area (Å²) >= 11 is 0. The van der Waals surface area contributed by atoms with Crippen molar-refractivity contribution in [1.82, 2.24) is 14.8 Å². The smallest absolute Gasteiger partial charge is 0.416 e. The van der Waals surface area contributed by atoms with Crippen molar-refractivity contribution in [3.05, 3.63) is 82.8 Å². The minimum absolute atomic E-state index is 0.257. The number of carbonyl (C=O) groups is 1. The van der Waals surface area contributed by atoms with Crippen LogP contribution < -0.4 is 4.74 Å². The monoisotopic (exact) mass is 619 g/mol. The first-order valence-corrected chi connectivity index (χ1v) is 15.5. The Morgan fingerprint density at radius 2 is 1.91 bits per heavy atom. The molecule has 1 N–H and O–H groups in total. The fraction of sp³-hybridized carbons (Fsp3) is 0.371. The highest BCUT2D eigenvalue weighted by molar-refractivity contribution is 6.05. The molecule has 3 heterocycles. The number of hydrogen-bond acceptors (Lipinski definition) is 5. The molecule has 0 saturated heterocycles. The first-order valence-electron chi connectivity index (χ1n) is 15.5. The Bertz CT molecular complexity index is 1840. The van der Waals surface area contributed by atoms with E-state index in [1.807, 2.05) is 6.07 Å². The average Bonchev–Trinajstić information content (AvgIpc) is 3.58. The highest BCUT2D eigenvalue weighted by atomic mass is 19.4. The van der Waals surface area contributed by atoms with Crippen LogP contribution in [0.2, 0.25) is 0 Å². The second-order valence-corrected chi connectivity index (χ2v) is 11.2. The van der Waals surface area contributed by atoms with Crippen LogP contribution in [0.4, 0.5) is 13.2 Å². The van der Waals surface area contributed by atoms with Crippen LogP contribution in [0.5, 0.6) is 5.75 Å². The van der Waals surface area contributed by atoms with E-state index in [-0.39, 0.29) is 12.6 Å². The number of fused-ring (bicyclic) bond motifs is 3. The van der Waals surface area contributed by atoms with E-state index in [1.165, 1.54) is 6.07 Å². The Labute approximate surface area is 259 Å². The van der Waals surface area contributed by atoms with Crippen LogP contribution in [0.15, 0.2) is 54.6 Å². The lowest BCUT2D eigenvalue weighted by atomic mass is 9.97. The van der Waals surface area contributed by atoms with Crippen molar-refractivity contribution in [3.8, 4) is 16.9 Å². The SMILES string of the molecule is CCOC(=O)c1c(CCCOc2cccc3cc(C(F)(F)F)ccc23)c2cccc3c2n1CCCCOCc1[nH]nc(CC)c1-3. The minimum atomic E-state index is -4.41. The Morgan fingerprint density at radius 1 is 1.07 bits per heavy atom. The van der Waals surface area contributed by atoms with E-state index in [2.05, 4.69) is 33.8 Å². The third-order valence-electron chi connectivity index (χ3n) is 8.34. The van der Waals surface area contributed by atoms with E-state index < -0.39 is 11.7 Å². The van der Waals surface area contributed by atoms with Crippen molar-refractivity contribution < 1.29 is 32.2 Å². The number of alkyl halides is 3. The van der Waals surface area contributed by atoms with Gasteiger partial charge >= 0.3 is 12.1 Å². The Kier molecular flexibility index (Phi) is 8.85. The lowest BCUT2D eigenvalue weighted by Crippen LogP contribution is -2.15. The summed E-state index contributed by atoms with van der Waals surface area (Å²) in [6, 6.07) is 14.9. The normalized spacial score (nSPS) is 13.9. The number of H-pyrrole nitrogens is 1. The van der Waals surface area contributed by atoms with Crippen molar-refractivity contribution in [2.75, 3.05) is 19.8 Å². The molecule has 6 rings (SSSR count). The van der Waals surface area contributed by atoms with Crippen molar-refractivity contribution >= 4 is 27.6 Å². The van der Waals surface area contributed by atoms with Crippen LogP contribution >= 0.6 is 0 Å². The van der Waals surface area contributed by atoms with Gasteiger partial charge in [-0.2, -0.15) is 18.3 Å². The van der Waals surface area contributed by atoms with Gasteiger partial charge in [-0.15, -0.1) is 0 Å². The number of para-hydroxylation sites is 1. The lowest BCUT2D eigenvalue weighted by molar-refractivity contribution is -0.137. The first kappa shape index (κ1) is 30.7. The molecule has 2 aromatic heterocycles. The number of rotatable bonds is 8. The summed E-state index contributed by atoms with van der Waals surface area (Å²) in [4.78, 5) is 13.6. The first-order chi connectivity index (χ1) is 21.8. The van der Waals surface area contributed by atoms with Gasteiger partial charge in [0.15, 0.2) is 0 Å². The van der Waals surface area contributed by atoms with Gasteiger partial charge in [0, 0.05) is 35.1 Å².